The lowest BCUT2D eigenvalue weighted by Gasteiger charge is -2.25. The molecular formula is C8H14OS. The van der Waals surface area contributed by atoms with Crippen LogP contribution in [0.2, 0.25) is 0 Å². The molecule has 2 rings (SSSR count). The summed E-state index contributed by atoms with van der Waals surface area (Å²) in [5.74, 6) is 0.638. The van der Waals surface area contributed by atoms with E-state index in [1.54, 1.807) is 0 Å². The lowest BCUT2D eigenvalue weighted by atomic mass is 10.0. The Hall–Kier alpha value is 0.310. The van der Waals surface area contributed by atoms with Crippen molar-refractivity contribution in [1.82, 2.24) is 0 Å². The molecule has 0 saturated carbocycles. The van der Waals surface area contributed by atoms with E-state index in [0.29, 0.717) is 12.5 Å². The number of rotatable bonds is 1. The van der Waals surface area contributed by atoms with E-state index in [4.69, 9.17) is 5.11 Å². The van der Waals surface area contributed by atoms with E-state index in [-0.39, 0.29) is 0 Å². The molecular weight excluding hydrogens is 144 g/mol. The average molecular weight is 158 g/mol. The van der Waals surface area contributed by atoms with Crippen molar-refractivity contribution < 1.29 is 5.11 Å². The van der Waals surface area contributed by atoms with Gasteiger partial charge < -0.3 is 5.11 Å². The Labute approximate surface area is 66.2 Å². The Bertz CT molecular complexity index is 114. The summed E-state index contributed by atoms with van der Waals surface area (Å²) in [5.41, 5.74) is 0. The van der Waals surface area contributed by atoms with Crippen LogP contribution in [0, 0.1) is 5.92 Å². The van der Waals surface area contributed by atoms with Crippen LogP contribution in [0.3, 0.4) is 0 Å². The highest BCUT2D eigenvalue weighted by Gasteiger charge is 2.33. The fourth-order valence-electron chi connectivity index (χ4n) is 2.12. The monoisotopic (exact) mass is 158 g/mol. The zero-order valence-electron chi connectivity index (χ0n) is 6.12. The van der Waals surface area contributed by atoms with Crippen molar-refractivity contribution in [3.8, 4) is 0 Å². The van der Waals surface area contributed by atoms with Gasteiger partial charge in [0.1, 0.15) is 0 Å². The highest BCUT2D eigenvalue weighted by molar-refractivity contribution is 8.00. The molecule has 1 nitrogen and oxygen atoms in total. The average Bonchev–Trinajstić information content (AvgIpc) is 2.30. The molecule has 0 spiro atoms. The summed E-state index contributed by atoms with van der Waals surface area (Å²) in [6, 6.07) is 0. The van der Waals surface area contributed by atoms with Crippen LogP contribution >= 0.6 is 11.8 Å². The SMILES string of the molecule is OCC1CC2CCC(C1)S2. The minimum Gasteiger partial charge on any atom is -0.396 e. The Morgan fingerprint density at radius 1 is 1.20 bits per heavy atom. The number of aliphatic hydroxyl groups is 1. The summed E-state index contributed by atoms with van der Waals surface area (Å²) in [6.45, 7) is 0.424. The van der Waals surface area contributed by atoms with Gasteiger partial charge in [-0.1, -0.05) is 0 Å². The topological polar surface area (TPSA) is 20.2 Å². The molecule has 2 aliphatic rings. The van der Waals surface area contributed by atoms with Gasteiger partial charge in [0.25, 0.3) is 0 Å². The number of fused-ring (bicyclic) bond motifs is 2. The van der Waals surface area contributed by atoms with Gasteiger partial charge in [-0.3, -0.25) is 0 Å². The van der Waals surface area contributed by atoms with Gasteiger partial charge >= 0.3 is 0 Å². The van der Waals surface area contributed by atoms with Gasteiger partial charge in [0, 0.05) is 17.1 Å². The van der Waals surface area contributed by atoms with Crippen LogP contribution in [0.5, 0.6) is 0 Å². The lowest BCUT2D eigenvalue weighted by molar-refractivity contribution is 0.211. The van der Waals surface area contributed by atoms with Crippen molar-refractivity contribution in [2.24, 2.45) is 5.92 Å². The van der Waals surface area contributed by atoms with E-state index >= 15 is 0 Å². The minimum atomic E-state index is 0.424. The second-order valence-electron chi connectivity index (χ2n) is 3.48. The Morgan fingerprint density at radius 2 is 1.80 bits per heavy atom. The molecule has 2 unspecified atom stereocenters. The first kappa shape index (κ1) is 6.99. The van der Waals surface area contributed by atoms with E-state index in [9.17, 15) is 0 Å². The molecule has 10 heavy (non-hydrogen) atoms. The van der Waals surface area contributed by atoms with Gasteiger partial charge in [-0.05, 0) is 31.6 Å². The van der Waals surface area contributed by atoms with Crippen molar-refractivity contribution in [2.75, 3.05) is 6.61 Å². The van der Waals surface area contributed by atoms with Gasteiger partial charge in [0.15, 0.2) is 0 Å². The predicted molar refractivity (Wildman–Crippen MR) is 44.2 cm³/mol. The molecule has 2 heteroatoms. The van der Waals surface area contributed by atoms with E-state index in [2.05, 4.69) is 11.8 Å². The minimum absolute atomic E-state index is 0.424. The molecule has 0 aliphatic carbocycles. The van der Waals surface area contributed by atoms with Gasteiger partial charge in [0.2, 0.25) is 0 Å². The third-order valence-corrected chi connectivity index (χ3v) is 4.27. The van der Waals surface area contributed by atoms with Gasteiger partial charge in [-0.15, -0.1) is 0 Å². The molecule has 2 saturated heterocycles. The zero-order valence-corrected chi connectivity index (χ0v) is 6.94. The van der Waals surface area contributed by atoms with Crippen LogP contribution in [-0.2, 0) is 0 Å². The standard InChI is InChI=1S/C8H14OS/c9-5-6-3-7-1-2-8(4-6)10-7/h6-9H,1-5H2. The maximum absolute atomic E-state index is 8.95. The molecule has 2 atom stereocenters. The van der Waals surface area contributed by atoms with Crippen molar-refractivity contribution in [1.29, 1.82) is 0 Å². The normalized spacial score (nSPS) is 45.9. The Balaban J connectivity index is 1.96. The first-order chi connectivity index (χ1) is 4.88. The maximum Gasteiger partial charge on any atom is 0.0460 e. The number of thioether (sulfide) groups is 1. The molecule has 2 bridgehead atoms. The van der Waals surface area contributed by atoms with Crippen LogP contribution in [-0.4, -0.2) is 22.2 Å². The molecule has 2 heterocycles. The molecule has 2 aliphatic heterocycles. The summed E-state index contributed by atoms with van der Waals surface area (Å²) < 4.78 is 0. The highest BCUT2D eigenvalue weighted by atomic mass is 32.2. The number of hydrogen-bond acceptors (Lipinski definition) is 2. The highest BCUT2D eigenvalue weighted by Crippen LogP contribution is 2.45. The lowest BCUT2D eigenvalue weighted by Crippen LogP contribution is -2.19. The maximum atomic E-state index is 8.95. The molecule has 0 aromatic rings. The second-order valence-corrected chi connectivity index (χ2v) is 5.08. The van der Waals surface area contributed by atoms with E-state index in [0.717, 1.165) is 10.5 Å². The number of aliphatic hydroxyl groups excluding tert-OH is 1. The van der Waals surface area contributed by atoms with E-state index in [1.807, 2.05) is 0 Å². The largest absolute Gasteiger partial charge is 0.396 e. The fourth-order valence-corrected chi connectivity index (χ4v) is 3.97. The van der Waals surface area contributed by atoms with Gasteiger partial charge in [0.05, 0.1) is 0 Å². The second kappa shape index (κ2) is 2.74. The molecule has 0 amide bonds. The van der Waals surface area contributed by atoms with Gasteiger partial charge in [-0.25, -0.2) is 0 Å². The van der Waals surface area contributed by atoms with E-state index in [1.165, 1.54) is 25.7 Å². The summed E-state index contributed by atoms with van der Waals surface area (Å²) in [4.78, 5) is 0. The van der Waals surface area contributed by atoms with Crippen molar-refractivity contribution in [2.45, 2.75) is 36.2 Å². The van der Waals surface area contributed by atoms with Crippen molar-refractivity contribution in [3.05, 3.63) is 0 Å². The third kappa shape index (κ3) is 1.19. The third-order valence-electron chi connectivity index (χ3n) is 2.65. The molecule has 58 valence electrons. The molecule has 0 radical (unpaired) electrons. The molecule has 1 N–H and O–H groups in total. The first-order valence-corrected chi connectivity index (χ1v) is 5.09. The van der Waals surface area contributed by atoms with Crippen LogP contribution in [0.15, 0.2) is 0 Å². The van der Waals surface area contributed by atoms with Crippen LogP contribution in [0.4, 0.5) is 0 Å². The zero-order chi connectivity index (χ0) is 6.97. The van der Waals surface area contributed by atoms with Crippen LogP contribution < -0.4 is 0 Å². The van der Waals surface area contributed by atoms with E-state index < -0.39 is 0 Å². The van der Waals surface area contributed by atoms with Crippen molar-refractivity contribution in [3.63, 3.8) is 0 Å². The quantitative estimate of drug-likeness (QED) is 0.626. The fraction of sp³-hybridized carbons (Fsp3) is 1.00. The Morgan fingerprint density at radius 3 is 2.30 bits per heavy atom. The molecule has 2 fully saturated rings. The summed E-state index contributed by atoms with van der Waals surface area (Å²) in [6.07, 6.45) is 5.37. The Kier molecular flexibility index (Phi) is 1.92. The predicted octanol–water partition coefficient (Wildman–Crippen LogP) is 1.65. The molecule has 0 aromatic heterocycles. The van der Waals surface area contributed by atoms with Gasteiger partial charge in [-0.2, -0.15) is 11.8 Å². The summed E-state index contributed by atoms with van der Waals surface area (Å²) in [7, 11) is 0. The number of hydrogen-bond donors (Lipinski definition) is 1. The first-order valence-electron chi connectivity index (χ1n) is 4.15. The van der Waals surface area contributed by atoms with Crippen LogP contribution in [0.25, 0.3) is 0 Å². The smallest absolute Gasteiger partial charge is 0.0460 e. The summed E-state index contributed by atoms with van der Waals surface area (Å²) >= 11 is 2.16. The van der Waals surface area contributed by atoms with Crippen LogP contribution in [0.1, 0.15) is 25.7 Å². The molecule has 0 aromatic carbocycles. The van der Waals surface area contributed by atoms with Crippen molar-refractivity contribution >= 4 is 11.8 Å². The summed E-state index contributed by atoms with van der Waals surface area (Å²) in [5, 5.41) is 10.7.